The van der Waals surface area contributed by atoms with Gasteiger partial charge >= 0.3 is 0 Å². The van der Waals surface area contributed by atoms with Crippen LogP contribution in [-0.4, -0.2) is 20.7 Å². The summed E-state index contributed by atoms with van der Waals surface area (Å²) >= 11 is 1.23. The fourth-order valence-corrected chi connectivity index (χ4v) is 4.35. The van der Waals surface area contributed by atoms with E-state index in [4.69, 9.17) is 0 Å². The molecule has 3 heterocycles. The summed E-state index contributed by atoms with van der Waals surface area (Å²) in [5.74, 6) is -0.651. The van der Waals surface area contributed by atoms with Gasteiger partial charge in [0.2, 0.25) is 5.78 Å². The zero-order valence-corrected chi connectivity index (χ0v) is 14.5. The Hall–Kier alpha value is -3.45. The van der Waals surface area contributed by atoms with Crippen molar-refractivity contribution in [1.29, 1.82) is 0 Å². The zero-order valence-electron chi connectivity index (χ0n) is 13.7. The SMILES string of the molecule is O=C(c1ccncc1)c1nc2c3ccc(F)cc3c3c(=O)[nH]ccc3c2s1. The highest BCUT2D eigenvalue weighted by molar-refractivity contribution is 7.21. The largest absolute Gasteiger partial charge is 0.329 e. The number of ketones is 1. The van der Waals surface area contributed by atoms with Crippen molar-refractivity contribution in [2.24, 2.45) is 0 Å². The minimum absolute atomic E-state index is 0.216. The Balaban J connectivity index is 1.91. The molecule has 2 aromatic carbocycles. The molecule has 0 amide bonds. The lowest BCUT2D eigenvalue weighted by Gasteiger charge is -2.05. The molecule has 130 valence electrons. The zero-order chi connectivity index (χ0) is 18.5. The van der Waals surface area contributed by atoms with Crippen molar-refractivity contribution in [3.8, 4) is 0 Å². The molecule has 1 N–H and O–H groups in total. The third-order valence-electron chi connectivity index (χ3n) is 4.48. The number of carbonyl (C=O) groups excluding carboxylic acids is 1. The molecule has 7 heteroatoms. The maximum atomic E-state index is 13.9. The Labute approximate surface area is 155 Å². The van der Waals surface area contributed by atoms with E-state index in [1.165, 1.54) is 23.5 Å². The van der Waals surface area contributed by atoms with E-state index in [0.717, 1.165) is 4.70 Å². The molecule has 0 radical (unpaired) electrons. The number of nitrogens with zero attached hydrogens (tertiary/aromatic N) is 2. The third kappa shape index (κ3) is 2.36. The van der Waals surface area contributed by atoms with Gasteiger partial charge in [-0.3, -0.25) is 14.6 Å². The lowest BCUT2D eigenvalue weighted by Crippen LogP contribution is -2.05. The van der Waals surface area contributed by atoms with Crippen molar-refractivity contribution in [2.45, 2.75) is 0 Å². The molecule has 0 aliphatic rings. The van der Waals surface area contributed by atoms with Crippen LogP contribution in [0.4, 0.5) is 4.39 Å². The van der Waals surface area contributed by atoms with Gasteiger partial charge in [-0.1, -0.05) is 0 Å². The molecule has 3 aromatic heterocycles. The van der Waals surface area contributed by atoms with Gasteiger partial charge in [-0.15, -0.1) is 11.3 Å². The molecule has 0 fully saturated rings. The monoisotopic (exact) mass is 375 g/mol. The number of halogens is 1. The number of aromatic nitrogens is 3. The van der Waals surface area contributed by atoms with Crippen LogP contribution in [0.15, 0.2) is 59.8 Å². The number of fused-ring (bicyclic) bond motifs is 6. The van der Waals surface area contributed by atoms with E-state index in [0.29, 0.717) is 37.6 Å². The fourth-order valence-electron chi connectivity index (χ4n) is 3.27. The second-order valence-corrected chi connectivity index (χ2v) is 7.05. The van der Waals surface area contributed by atoms with Gasteiger partial charge in [0.25, 0.3) is 5.56 Å². The molecule has 5 rings (SSSR count). The normalized spacial score (nSPS) is 11.4. The van der Waals surface area contributed by atoms with Gasteiger partial charge < -0.3 is 4.98 Å². The summed E-state index contributed by atoms with van der Waals surface area (Å²) in [6, 6.07) is 9.27. The van der Waals surface area contributed by atoms with Crippen molar-refractivity contribution in [1.82, 2.24) is 15.0 Å². The van der Waals surface area contributed by atoms with E-state index in [2.05, 4.69) is 15.0 Å². The molecule has 0 saturated carbocycles. The van der Waals surface area contributed by atoms with Gasteiger partial charge in [0, 0.05) is 40.3 Å². The van der Waals surface area contributed by atoms with Crippen LogP contribution in [0.2, 0.25) is 0 Å². The number of hydrogen-bond acceptors (Lipinski definition) is 5. The molecule has 27 heavy (non-hydrogen) atoms. The van der Waals surface area contributed by atoms with E-state index < -0.39 is 5.82 Å². The minimum atomic E-state index is -0.435. The van der Waals surface area contributed by atoms with E-state index >= 15 is 0 Å². The molecule has 0 aliphatic carbocycles. The Bertz CT molecular complexity index is 1420. The number of hydrogen-bond donors (Lipinski definition) is 1. The maximum Gasteiger partial charge on any atom is 0.256 e. The summed E-state index contributed by atoms with van der Waals surface area (Å²) in [5, 5.41) is 2.48. The molecular weight excluding hydrogens is 365 g/mol. The Kier molecular flexibility index (Phi) is 3.38. The first-order valence-electron chi connectivity index (χ1n) is 8.11. The summed E-state index contributed by atoms with van der Waals surface area (Å²) in [6.45, 7) is 0. The molecule has 0 bridgehead atoms. The van der Waals surface area contributed by atoms with Gasteiger partial charge in [-0.05, 0) is 36.4 Å². The Morgan fingerprint density at radius 1 is 1.04 bits per heavy atom. The number of rotatable bonds is 2. The first-order chi connectivity index (χ1) is 13.1. The van der Waals surface area contributed by atoms with E-state index in [-0.39, 0.29) is 11.3 Å². The van der Waals surface area contributed by atoms with Crippen LogP contribution in [0.1, 0.15) is 15.4 Å². The fraction of sp³-hybridized carbons (Fsp3) is 0. The molecule has 0 spiro atoms. The Morgan fingerprint density at radius 2 is 1.85 bits per heavy atom. The van der Waals surface area contributed by atoms with Crippen molar-refractivity contribution in [3.63, 3.8) is 0 Å². The molecular formula is C20H10FN3O2S. The highest BCUT2D eigenvalue weighted by Gasteiger charge is 2.19. The third-order valence-corrected chi connectivity index (χ3v) is 5.56. The van der Waals surface area contributed by atoms with Crippen LogP contribution >= 0.6 is 11.3 Å². The molecule has 0 saturated heterocycles. The van der Waals surface area contributed by atoms with Crippen molar-refractivity contribution in [3.05, 3.63) is 81.7 Å². The number of carbonyl (C=O) groups is 1. The van der Waals surface area contributed by atoms with Gasteiger partial charge in [0.1, 0.15) is 5.82 Å². The topological polar surface area (TPSA) is 75.7 Å². The number of pyridine rings is 2. The summed E-state index contributed by atoms with van der Waals surface area (Å²) < 4.78 is 14.6. The average molecular weight is 375 g/mol. The summed E-state index contributed by atoms with van der Waals surface area (Å²) in [7, 11) is 0. The smallest absolute Gasteiger partial charge is 0.256 e. The first kappa shape index (κ1) is 15.8. The van der Waals surface area contributed by atoms with Crippen molar-refractivity contribution >= 4 is 48.9 Å². The molecule has 5 aromatic rings. The number of benzene rings is 2. The summed E-state index contributed by atoms with van der Waals surface area (Å²) in [5.41, 5.74) is 0.771. The van der Waals surface area contributed by atoms with Crippen LogP contribution in [0.5, 0.6) is 0 Å². The number of thiazole rings is 1. The van der Waals surface area contributed by atoms with Gasteiger partial charge in [-0.25, -0.2) is 9.37 Å². The van der Waals surface area contributed by atoms with Crippen LogP contribution in [0.3, 0.4) is 0 Å². The van der Waals surface area contributed by atoms with Crippen molar-refractivity contribution < 1.29 is 9.18 Å². The second kappa shape index (κ2) is 5.78. The average Bonchev–Trinajstić information content (AvgIpc) is 3.13. The van der Waals surface area contributed by atoms with Gasteiger partial charge in [-0.2, -0.15) is 0 Å². The predicted molar refractivity (Wildman–Crippen MR) is 103 cm³/mol. The first-order valence-corrected chi connectivity index (χ1v) is 8.93. The molecule has 0 aliphatic heterocycles. The van der Waals surface area contributed by atoms with E-state index in [1.54, 1.807) is 42.9 Å². The highest BCUT2D eigenvalue weighted by Crippen LogP contribution is 2.37. The standard InChI is InChI=1S/C20H10FN3O2S/c21-11-1-2-12-14(9-11)15-13(5-8-23-19(15)26)18-16(12)24-20(27-18)17(25)10-3-6-22-7-4-10/h1-9H,(H,23,26). The van der Waals surface area contributed by atoms with Crippen LogP contribution < -0.4 is 5.56 Å². The molecule has 0 atom stereocenters. The van der Waals surface area contributed by atoms with Crippen LogP contribution in [-0.2, 0) is 0 Å². The lowest BCUT2D eigenvalue weighted by atomic mass is 10.0. The summed E-state index contributed by atoms with van der Waals surface area (Å²) in [6.07, 6.45) is 4.64. The van der Waals surface area contributed by atoms with Crippen molar-refractivity contribution in [2.75, 3.05) is 0 Å². The van der Waals surface area contributed by atoms with E-state index in [9.17, 15) is 14.0 Å². The highest BCUT2D eigenvalue weighted by atomic mass is 32.1. The molecule has 5 nitrogen and oxygen atoms in total. The van der Waals surface area contributed by atoms with Gasteiger partial charge in [0.15, 0.2) is 5.01 Å². The second-order valence-electron chi connectivity index (χ2n) is 6.05. The van der Waals surface area contributed by atoms with Crippen LogP contribution in [0, 0.1) is 5.82 Å². The predicted octanol–water partition coefficient (Wildman–Crippen LogP) is 4.06. The number of aromatic amines is 1. The number of nitrogens with one attached hydrogen (secondary N) is 1. The quantitative estimate of drug-likeness (QED) is 0.373. The minimum Gasteiger partial charge on any atom is -0.329 e. The van der Waals surface area contributed by atoms with Gasteiger partial charge in [0.05, 0.1) is 15.6 Å². The summed E-state index contributed by atoms with van der Waals surface area (Å²) in [4.78, 5) is 36.3. The lowest BCUT2D eigenvalue weighted by molar-refractivity contribution is 0.103. The maximum absolute atomic E-state index is 13.9. The van der Waals surface area contributed by atoms with E-state index in [1.807, 2.05) is 0 Å². The van der Waals surface area contributed by atoms with Crippen LogP contribution in [0.25, 0.3) is 31.8 Å². The molecule has 0 unspecified atom stereocenters. The number of H-pyrrole nitrogens is 1. The Morgan fingerprint density at radius 3 is 2.67 bits per heavy atom.